The number of sulfonamides is 2. The summed E-state index contributed by atoms with van der Waals surface area (Å²) in [5, 5.41) is 4.08. The maximum atomic E-state index is 12.6. The zero-order valence-electron chi connectivity index (χ0n) is 16.6. The van der Waals surface area contributed by atoms with Crippen LogP contribution < -0.4 is 4.72 Å². The van der Waals surface area contributed by atoms with E-state index in [0.29, 0.717) is 24.5 Å². The fourth-order valence-electron chi connectivity index (χ4n) is 2.83. The topological polar surface area (TPSA) is 114 Å². The molecule has 0 amide bonds. The van der Waals surface area contributed by atoms with E-state index < -0.39 is 20.0 Å². The number of hydrogen-bond acceptors (Lipinski definition) is 6. The maximum absolute atomic E-state index is 12.6. The van der Waals surface area contributed by atoms with Gasteiger partial charge in [-0.15, -0.1) is 0 Å². The van der Waals surface area contributed by atoms with Crippen LogP contribution in [0.1, 0.15) is 19.4 Å². The number of nitrogens with one attached hydrogen (secondary N) is 1. The minimum Gasteiger partial charge on any atom is -0.237 e. The predicted molar refractivity (Wildman–Crippen MR) is 112 cm³/mol. The number of pyridine rings is 1. The van der Waals surface area contributed by atoms with Crippen LogP contribution >= 0.6 is 0 Å². The summed E-state index contributed by atoms with van der Waals surface area (Å²) in [6, 6.07) is 10.5. The molecule has 0 saturated carbocycles. The molecule has 0 bridgehead atoms. The lowest BCUT2D eigenvalue weighted by Crippen LogP contribution is -2.30. The third-order valence-electron chi connectivity index (χ3n) is 4.49. The largest absolute Gasteiger partial charge is 0.243 e. The summed E-state index contributed by atoms with van der Waals surface area (Å²) in [4.78, 5) is 4.31. The van der Waals surface area contributed by atoms with Crippen molar-refractivity contribution in [3.05, 3.63) is 66.6 Å². The summed E-state index contributed by atoms with van der Waals surface area (Å²) in [6.45, 7) is 4.23. The van der Waals surface area contributed by atoms with E-state index in [0.717, 1.165) is 0 Å². The van der Waals surface area contributed by atoms with Gasteiger partial charge in [0, 0.05) is 38.2 Å². The molecule has 0 aliphatic rings. The Bertz CT molecular complexity index is 1170. The van der Waals surface area contributed by atoms with Gasteiger partial charge in [0.05, 0.1) is 9.79 Å². The highest BCUT2D eigenvalue weighted by Crippen LogP contribution is 2.18. The van der Waals surface area contributed by atoms with E-state index >= 15 is 0 Å². The second-order valence-electron chi connectivity index (χ2n) is 6.36. The van der Waals surface area contributed by atoms with E-state index in [1.807, 2.05) is 0 Å². The Morgan fingerprint density at radius 3 is 2.17 bits per heavy atom. The second-order valence-corrected chi connectivity index (χ2v) is 10.1. The molecule has 1 aromatic carbocycles. The molecular weight excluding hydrogens is 426 g/mol. The third kappa shape index (κ3) is 4.75. The molecular formula is C19H23N5O4S2. The van der Waals surface area contributed by atoms with Gasteiger partial charge in [0.15, 0.2) is 5.82 Å². The van der Waals surface area contributed by atoms with Crippen molar-refractivity contribution >= 4 is 20.0 Å². The van der Waals surface area contributed by atoms with Gasteiger partial charge < -0.3 is 0 Å². The normalized spacial score (nSPS) is 12.4. The standard InChI is InChI=1S/C19H23N5O4S2/c1-3-23(4-2)30(27,28)18-9-7-17(8-10-18)29(25,26)22-15-16-6-11-19(20-14-16)24-13-5-12-21-24/h5-14,22H,3-4,15H2,1-2H3. The monoisotopic (exact) mass is 449 g/mol. The zero-order chi connectivity index (χ0) is 21.8. The molecule has 9 nitrogen and oxygen atoms in total. The number of rotatable bonds is 9. The van der Waals surface area contributed by atoms with Gasteiger partial charge in [0.2, 0.25) is 20.0 Å². The number of hydrogen-bond donors (Lipinski definition) is 1. The fourth-order valence-corrected chi connectivity index (χ4v) is 5.30. The van der Waals surface area contributed by atoms with Crippen molar-refractivity contribution in [3.8, 4) is 5.82 Å². The highest BCUT2D eigenvalue weighted by molar-refractivity contribution is 7.89. The molecule has 2 heterocycles. The Balaban J connectivity index is 1.70. The van der Waals surface area contributed by atoms with E-state index in [1.54, 1.807) is 55.3 Å². The van der Waals surface area contributed by atoms with Crippen LogP contribution in [0.5, 0.6) is 0 Å². The molecule has 2 aromatic heterocycles. The average molecular weight is 450 g/mol. The van der Waals surface area contributed by atoms with Crippen LogP contribution in [0.15, 0.2) is 70.8 Å². The highest BCUT2D eigenvalue weighted by atomic mass is 32.2. The van der Waals surface area contributed by atoms with Crippen LogP contribution in [0.4, 0.5) is 0 Å². The van der Waals surface area contributed by atoms with E-state index in [-0.39, 0.29) is 16.3 Å². The molecule has 0 unspecified atom stereocenters. The molecule has 0 fully saturated rings. The van der Waals surface area contributed by atoms with Crippen molar-refractivity contribution in [2.75, 3.05) is 13.1 Å². The van der Waals surface area contributed by atoms with Crippen molar-refractivity contribution in [2.24, 2.45) is 0 Å². The quantitative estimate of drug-likeness (QED) is 0.533. The minimum absolute atomic E-state index is 0.0119. The number of nitrogens with zero attached hydrogens (tertiary/aromatic N) is 4. The van der Waals surface area contributed by atoms with Crippen LogP contribution in [0.25, 0.3) is 5.82 Å². The summed E-state index contributed by atoms with van der Waals surface area (Å²) in [5.41, 5.74) is 0.676. The molecule has 0 atom stereocenters. The zero-order valence-corrected chi connectivity index (χ0v) is 18.3. The van der Waals surface area contributed by atoms with E-state index in [9.17, 15) is 16.8 Å². The molecule has 0 aliphatic heterocycles. The molecule has 1 N–H and O–H groups in total. The van der Waals surface area contributed by atoms with Gasteiger partial charge in [-0.3, -0.25) is 0 Å². The Kier molecular flexibility index (Phi) is 6.66. The molecule has 160 valence electrons. The first kappa shape index (κ1) is 22.1. The summed E-state index contributed by atoms with van der Waals surface area (Å²) < 4.78 is 55.6. The molecule has 0 saturated heterocycles. The minimum atomic E-state index is -3.81. The van der Waals surface area contributed by atoms with Gasteiger partial charge in [-0.25, -0.2) is 31.2 Å². The van der Waals surface area contributed by atoms with Crippen LogP contribution in [-0.2, 0) is 26.6 Å². The fraction of sp³-hybridized carbons (Fsp3) is 0.263. The highest BCUT2D eigenvalue weighted by Gasteiger charge is 2.22. The van der Waals surface area contributed by atoms with Crippen LogP contribution in [0, 0.1) is 0 Å². The first-order valence-electron chi connectivity index (χ1n) is 9.32. The third-order valence-corrected chi connectivity index (χ3v) is 7.97. The molecule has 30 heavy (non-hydrogen) atoms. The van der Waals surface area contributed by atoms with E-state index in [4.69, 9.17) is 0 Å². The Morgan fingerprint density at radius 1 is 0.967 bits per heavy atom. The van der Waals surface area contributed by atoms with Crippen LogP contribution in [-0.4, -0.2) is 49.0 Å². The van der Waals surface area contributed by atoms with Gasteiger partial charge >= 0.3 is 0 Å². The Labute approximate surface area is 176 Å². The van der Waals surface area contributed by atoms with Crippen molar-refractivity contribution in [1.29, 1.82) is 0 Å². The Hall–Kier alpha value is -2.60. The van der Waals surface area contributed by atoms with Gasteiger partial charge in [-0.05, 0) is 42.0 Å². The van der Waals surface area contributed by atoms with Crippen molar-refractivity contribution in [2.45, 2.75) is 30.2 Å². The molecule has 0 aliphatic carbocycles. The lowest BCUT2D eigenvalue weighted by atomic mass is 10.3. The first-order valence-corrected chi connectivity index (χ1v) is 12.2. The summed E-state index contributed by atoms with van der Waals surface area (Å²) >= 11 is 0. The predicted octanol–water partition coefficient (Wildman–Crippen LogP) is 1.78. The number of benzene rings is 1. The SMILES string of the molecule is CCN(CC)S(=O)(=O)c1ccc(S(=O)(=O)NCc2ccc(-n3cccn3)nc2)cc1. The summed E-state index contributed by atoms with van der Waals surface area (Å²) in [7, 11) is -7.45. The number of aromatic nitrogens is 3. The molecule has 0 spiro atoms. The molecule has 3 aromatic rings. The van der Waals surface area contributed by atoms with Crippen molar-refractivity contribution < 1.29 is 16.8 Å². The molecule has 3 rings (SSSR count). The van der Waals surface area contributed by atoms with Gasteiger partial charge in [0.25, 0.3) is 0 Å². The van der Waals surface area contributed by atoms with E-state index in [1.165, 1.54) is 28.6 Å². The molecule has 0 radical (unpaired) electrons. The first-order chi connectivity index (χ1) is 14.3. The average Bonchev–Trinajstić information content (AvgIpc) is 3.28. The Morgan fingerprint density at radius 2 is 1.63 bits per heavy atom. The van der Waals surface area contributed by atoms with Crippen LogP contribution in [0.2, 0.25) is 0 Å². The maximum Gasteiger partial charge on any atom is 0.243 e. The van der Waals surface area contributed by atoms with Crippen LogP contribution in [0.3, 0.4) is 0 Å². The van der Waals surface area contributed by atoms with Crippen molar-refractivity contribution in [3.63, 3.8) is 0 Å². The second kappa shape index (κ2) is 9.04. The van der Waals surface area contributed by atoms with E-state index in [2.05, 4.69) is 14.8 Å². The van der Waals surface area contributed by atoms with Gasteiger partial charge in [-0.2, -0.15) is 9.40 Å². The van der Waals surface area contributed by atoms with Gasteiger partial charge in [0.1, 0.15) is 0 Å². The van der Waals surface area contributed by atoms with Gasteiger partial charge in [-0.1, -0.05) is 19.9 Å². The van der Waals surface area contributed by atoms with Crippen molar-refractivity contribution in [1.82, 2.24) is 23.8 Å². The smallest absolute Gasteiger partial charge is 0.237 e. The summed E-state index contributed by atoms with van der Waals surface area (Å²) in [5.74, 6) is 0.622. The summed E-state index contributed by atoms with van der Waals surface area (Å²) in [6.07, 6.45) is 4.97. The lowest BCUT2D eigenvalue weighted by Gasteiger charge is -2.18. The lowest BCUT2D eigenvalue weighted by molar-refractivity contribution is 0.445. The molecule has 11 heteroatoms.